The molecule has 0 unspecified atom stereocenters. The smallest absolute Gasteiger partial charge is 0.277 e. The van der Waals surface area contributed by atoms with Crippen molar-refractivity contribution in [3.63, 3.8) is 0 Å². The number of thioether (sulfide) groups is 1. The summed E-state index contributed by atoms with van der Waals surface area (Å²) in [6.07, 6.45) is 0. The molecule has 0 aliphatic heterocycles. The molecule has 0 atom stereocenters. The third-order valence-electron chi connectivity index (χ3n) is 2.91. The van der Waals surface area contributed by atoms with E-state index in [1.165, 1.54) is 17.8 Å². The highest BCUT2D eigenvalue weighted by atomic mass is 79.9. The van der Waals surface area contributed by atoms with Crippen LogP contribution in [0, 0.1) is 5.82 Å². The zero-order chi connectivity index (χ0) is 15.5. The summed E-state index contributed by atoms with van der Waals surface area (Å²) < 4.78 is 20.2. The molecule has 0 spiro atoms. The average Bonchev–Trinajstić information content (AvgIpc) is 2.96. The number of hydrogen-bond acceptors (Lipinski definition) is 4. The van der Waals surface area contributed by atoms with E-state index in [-0.39, 0.29) is 5.82 Å². The fourth-order valence-electron chi connectivity index (χ4n) is 1.82. The van der Waals surface area contributed by atoms with Gasteiger partial charge in [-0.15, -0.1) is 10.2 Å². The van der Waals surface area contributed by atoms with Gasteiger partial charge in [-0.25, -0.2) is 4.39 Å². The van der Waals surface area contributed by atoms with Crippen LogP contribution in [0.5, 0.6) is 0 Å². The van der Waals surface area contributed by atoms with Gasteiger partial charge >= 0.3 is 0 Å². The standard InChI is InChI=1S/C15H9BrClFN2OS/c16-11-5-2-1-4-9(11)14-19-20-15(21-14)22-8-10-12(17)6-3-7-13(10)18/h1-7H,8H2. The van der Waals surface area contributed by atoms with E-state index < -0.39 is 0 Å². The van der Waals surface area contributed by atoms with Crippen LogP contribution < -0.4 is 0 Å². The lowest BCUT2D eigenvalue weighted by Crippen LogP contribution is -1.88. The molecule has 2 aromatic carbocycles. The number of benzene rings is 2. The minimum Gasteiger partial charge on any atom is -0.411 e. The first-order valence-electron chi connectivity index (χ1n) is 6.29. The van der Waals surface area contributed by atoms with E-state index in [0.717, 1.165) is 10.0 Å². The number of hydrogen-bond donors (Lipinski definition) is 0. The lowest BCUT2D eigenvalue weighted by molar-refractivity contribution is 0.465. The Morgan fingerprint density at radius 1 is 1.14 bits per heavy atom. The molecule has 1 heterocycles. The molecule has 0 radical (unpaired) electrons. The minimum atomic E-state index is -0.342. The average molecular weight is 400 g/mol. The molecular formula is C15H9BrClFN2OS. The van der Waals surface area contributed by atoms with Gasteiger partial charge in [0.25, 0.3) is 5.22 Å². The first-order valence-corrected chi connectivity index (χ1v) is 8.45. The third kappa shape index (κ3) is 3.34. The van der Waals surface area contributed by atoms with E-state index >= 15 is 0 Å². The molecule has 1 aromatic heterocycles. The first kappa shape index (κ1) is 15.5. The third-order valence-corrected chi connectivity index (χ3v) is 4.80. The zero-order valence-corrected chi connectivity index (χ0v) is 14.3. The van der Waals surface area contributed by atoms with Crippen LogP contribution in [0.2, 0.25) is 5.02 Å². The van der Waals surface area contributed by atoms with Crippen LogP contribution in [0.25, 0.3) is 11.5 Å². The van der Waals surface area contributed by atoms with Crippen molar-refractivity contribution >= 4 is 39.3 Å². The number of rotatable bonds is 4. The lowest BCUT2D eigenvalue weighted by Gasteiger charge is -2.03. The van der Waals surface area contributed by atoms with Crippen molar-refractivity contribution in [1.82, 2.24) is 10.2 Å². The maximum Gasteiger partial charge on any atom is 0.277 e. The highest BCUT2D eigenvalue weighted by Crippen LogP contribution is 2.31. The van der Waals surface area contributed by atoms with Crippen molar-refractivity contribution in [1.29, 1.82) is 0 Å². The molecule has 22 heavy (non-hydrogen) atoms. The van der Waals surface area contributed by atoms with E-state index in [4.69, 9.17) is 16.0 Å². The Morgan fingerprint density at radius 3 is 2.73 bits per heavy atom. The second-order valence-electron chi connectivity index (χ2n) is 4.34. The number of halogens is 3. The number of aromatic nitrogens is 2. The van der Waals surface area contributed by atoms with Crippen molar-refractivity contribution < 1.29 is 8.81 Å². The van der Waals surface area contributed by atoms with Gasteiger partial charge < -0.3 is 4.42 Å². The minimum absolute atomic E-state index is 0.323. The van der Waals surface area contributed by atoms with Gasteiger partial charge in [-0.3, -0.25) is 0 Å². The van der Waals surface area contributed by atoms with Crippen molar-refractivity contribution in [2.24, 2.45) is 0 Å². The summed E-state index contributed by atoms with van der Waals surface area (Å²) >= 11 is 10.7. The summed E-state index contributed by atoms with van der Waals surface area (Å²) in [6, 6.07) is 12.2. The largest absolute Gasteiger partial charge is 0.411 e. The summed E-state index contributed by atoms with van der Waals surface area (Å²) in [7, 11) is 0. The van der Waals surface area contributed by atoms with Crippen LogP contribution in [0.1, 0.15) is 5.56 Å². The van der Waals surface area contributed by atoms with Gasteiger partial charge in [-0.2, -0.15) is 0 Å². The summed E-state index contributed by atoms with van der Waals surface area (Å²) in [5, 5.41) is 8.73. The van der Waals surface area contributed by atoms with E-state index in [1.807, 2.05) is 24.3 Å². The molecule has 3 aromatic rings. The molecule has 0 aliphatic rings. The predicted molar refractivity (Wildman–Crippen MR) is 88.4 cm³/mol. The Kier molecular flexibility index (Phi) is 4.81. The highest BCUT2D eigenvalue weighted by Gasteiger charge is 2.13. The van der Waals surface area contributed by atoms with Gasteiger partial charge in [0.05, 0.1) is 5.56 Å². The second kappa shape index (κ2) is 6.81. The quantitative estimate of drug-likeness (QED) is 0.537. The maximum atomic E-state index is 13.7. The Hall–Kier alpha value is -1.37. The van der Waals surface area contributed by atoms with Crippen molar-refractivity contribution in [2.45, 2.75) is 11.0 Å². The zero-order valence-electron chi connectivity index (χ0n) is 11.1. The van der Waals surface area contributed by atoms with Crippen LogP contribution in [-0.2, 0) is 5.75 Å². The van der Waals surface area contributed by atoms with Crippen LogP contribution in [0.4, 0.5) is 4.39 Å². The topological polar surface area (TPSA) is 38.9 Å². The molecule has 0 amide bonds. The molecule has 0 aliphatic carbocycles. The second-order valence-corrected chi connectivity index (χ2v) is 6.53. The predicted octanol–water partition coefficient (Wildman–Crippen LogP) is 5.58. The molecular weight excluding hydrogens is 391 g/mol. The summed E-state index contributed by atoms with van der Waals surface area (Å²) in [6.45, 7) is 0. The van der Waals surface area contributed by atoms with Gasteiger partial charge in [0, 0.05) is 20.8 Å². The van der Waals surface area contributed by atoms with E-state index in [2.05, 4.69) is 26.1 Å². The molecule has 0 saturated carbocycles. The maximum absolute atomic E-state index is 13.7. The van der Waals surface area contributed by atoms with Gasteiger partial charge in [-0.1, -0.05) is 41.6 Å². The van der Waals surface area contributed by atoms with Gasteiger partial charge in [0.2, 0.25) is 5.89 Å². The molecule has 0 bridgehead atoms. The van der Waals surface area contributed by atoms with Crippen LogP contribution in [-0.4, -0.2) is 10.2 Å². The molecule has 112 valence electrons. The van der Waals surface area contributed by atoms with Crippen molar-refractivity contribution in [3.05, 3.63) is 63.3 Å². The summed E-state index contributed by atoms with van der Waals surface area (Å²) in [5.41, 5.74) is 1.24. The Labute approximate surface area is 144 Å². The van der Waals surface area contributed by atoms with Crippen LogP contribution in [0.3, 0.4) is 0 Å². The Morgan fingerprint density at radius 2 is 1.95 bits per heavy atom. The Bertz CT molecular complexity index is 791. The van der Waals surface area contributed by atoms with E-state index in [1.54, 1.807) is 12.1 Å². The molecule has 3 rings (SSSR count). The van der Waals surface area contributed by atoms with Gasteiger partial charge in [0.1, 0.15) is 5.82 Å². The van der Waals surface area contributed by atoms with Gasteiger partial charge in [0.15, 0.2) is 0 Å². The fourth-order valence-corrected chi connectivity index (χ4v) is 3.38. The van der Waals surface area contributed by atoms with Crippen molar-refractivity contribution in [3.8, 4) is 11.5 Å². The van der Waals surface area contributed by atoms with Gasteiger partial charge in [-0.05, 0) is 40.2 Å². The first-order chi connectivity index (χ1) is 10.6. The Balaban J connectivity index is 1.77. The van der Waals surface area contributed by atoms with E-state index in [0.29, 0.717) is 27.5 Å². The fraction of sp³-hybridized carbons (Fsp3) is 0.0667. The molecule has 0 fully saturated rings. The molecule has 3 nitrogen and oxygen atoms in total. The van der Waals surface area contributed by atoms with Crippen LogP contribution in [0.15, 0.2) is 56.6 Å². The molecule has 7 heteroatoms. The lowest BCUT2D eigenvalue weighted by atomic mass is 10.2. The van der Waals surface area contributed by atoms with Crippen LogP contribution >= 0.6 is 39.3 Å². The summed E-state index contributed by atoms with van der Waals surface area (Å²) in [5.74, 6) is 0.392. The molecule has 0 saturated heterocycles. The number of nitrogens with zero attached hydrogens (tertiary/aromatic N) is 2. The molecule has 0 N–H and O–H groups in total. The van der Waals surface area contributed by atoms with E-state index in [9.17, 15) is 4.39 Å². The highest BCUT2D eigenvalue weighted by molar-refractivity contribution is 9.10. The normalized spacial score (nSPS) is 10.9. The van der Waals surface area contributed by atoms with Crippen molar-refractivity contribution in [2.75, 3.05) is 0 Å². The SMILES string of the molecule is Fc1cccc(Cl)c1CSc1nnc(-c2ccccc2Br)o1. The monoisotopic (exact) mass is 398 g/mol. The summed E-state index contributed by atoms with van der Waals surface area (Å²) in [4.78, 5) is 0.